The first-order valence-electron chi connectivity index (χ1n) is 11.9. The molecule has 2 heterocycles. The zero-order valence-corrected chi connectivity index (χ0v) is 21.6. The quantitative estimate of drug-likeness (QED) is 0.342. The number of thiazole rings is 1. The number of ether oxygens (including phenoxy) is 2. The smallest absolute Gasteiger partial charge is 0.229 e. The highest BCUT2D eigenvalue weighted by atomic mass is 32.2. The molecular weight excluding hydrogens is 466 g/mol. The summed E-state index contributed by atoms with van der Waals surface area (Å²) >= 11 is 3.32. The third-order valence-electron chi connectivity index (χ3n) is 6.01. The Morgan fingerprint density at radius 1 is 1.21 bits per heavy atom. The average molecular weight is 500 g/mol. The first-order valence-corrected chi connectivity index (χ1v) is 13.7. The van der Waals surface area contributed by atoms with Crippen LogP contribution in [0.15, 0.2) is 47.4 Å². The zero-order valence-electron chi connectivity index (χ0n) is 20.0. The monoisotopic (exact) mass is 499 g/mol. The van der Waals surface area contributed by atoms with Crippen LogP contribution in [-0.2, 0) is 16.0 Å². The summed E-state index contributed by atoms with van der Waals surface area (Å²) in [5.41, 5.74) is 2.26. The molecule has 1 aliphatic rings. The number of carbonyl (C=O) groups excluding carboxylic acids is 1. The molecule has 3 aromatic rings. The second kappa shape index (κ2) is 12.5. The van der Waals surface area contributed by atoms with Gasteiger partial charge in [0.25, 0.3) is 0 Å². The minimum atomic E-state index is 0.139. The maximum absolute atomic E-state index is 13.4. The maximum Gasteiger partial charge on any atom is 0.229 e. The van der Waals surface area contributed by atoms with Gasteiger partial charge in [0.05, 0.1) is 30.5 Å². The van der Waals surface area contributed by atoms with Crippen molar-refractivity contribution in [2.75, 3.05) is 57.2 Å². The molecule has 0 N–H and O–H groups in total. The van der Waals surface area contributed by atoms with Crippen LogP contribution in [0.25, 0.3) is 10.2 Å². The molecule has 0 aliphatic carbocycles. The summed E-state index contributed by atoms with van der Waals surface area (Å²) in [6, 6.07) is 14.3. The van der Waals surface area contributed by atoms with Crippen molar-refractivity contribution >= 4 is 44.4 Å². The van der Waals surface area contributed by atoms with Crippen molar-refractivity contribution in [3.63, 3.8) is 0 Å². The fourth-order valence-electron chi connectivity index (χ4n) is 4.06. The van der Waals surface area contributed by atoms with E-state index in [9.17, 15) is 4.79 Å². The Bertz CT molecular complexity index is 1060. The Labute approximate surface area is 210 Å². The van der Waals surface area contributed by atoms with Crippen molar-refractivity contribution in [2.45, 2.75) is 31.1 Å². The van der Waals surface area contributed by atoms with Crippen LogP contribution in [0.1, 0.15) is 25.3 Å². The minimum absolute atomic E-state index is 0.139. The van der Waals surface area contributed by atoms with Crippen molar-refractivity contribution < 1.29 is 14.3 Å². The Morgan fingerprint density at radius 2 is 2.00 bits per heavy atom. The molecule has 0 saturated carbocycles. The predicted molar refractivity (Wildman–Crippen MR) is 142 cm³/mol. The van der Waals surface area contributed by atoms with Crippen LogP contribution in [0, 0.1) is 0 Å². The molecule has 4 rings (SSSR count). The number of nitrogens with zero attached hydrogens (tertiary/aromatic N) is 3. The van der Waals surface area contributed by atoms with E-state index in [2.05, 4.69) is 30.0 Å². The van der Waals surface area contributed by atoms with Crippen molar-refractivity contribution in [3.8, 4) is 5.75 Å². The van der Waals surface area contributed by atoms with E-state index >= 15 is 0 Å². The third-order valence-corrected chi connectivity index (χ3v) is 8.07. The number of morpholine rings is 1. The van der Waals surface area contributed by atoms with Gasteiger partial charge in [-0.3, -0.25) is 14.6 Å². The first-order chi connectivity index (χ1) is 16.7. The van der Waals surface area contributed by atoms with Crippen LogP contribution < -0.4 is 9.64 Å². The molecule has 2 aromatic carbocycles. The Morgan fingerprint density at radius 3 is 2.74 bits per heavy atom. The van der Waals surface area contributed by atoms with Crippen LogP contribution in [0.4, 0.5) is 5.13 Å². The molecule has 6 nitrogen and oxygen atoms in total. The van der Waals surface area contributed by atoms with Gasteiger partial charge in [-0.15, -0.1) is 11.8 Å². The van der Waals surface area contributed by atoms with Crippen LogP contribution in [-0.4, -0.2) is 68.0 Å². The van der Waals surface area contributed by atoms with E-state index in [4.69, 9.17) is 14.5 Å². The average Bonchev–Trinajstić information content (AvgIpc) is 3.31. The second-order valence-electron chi connectivity index (χ2n) is 8.24. The van der Waals surface area contributed by atoms with Crippen LogP contribution >= 0.6 is 23.1 Å². The number of aryl methyl sites for hydroxylation is 1. The number of rotatable bonds is 11. The highest BCUT2D eigenvalue weighted by Crippen LogP contribution is 2.32. The molecule has 182 valence electrons. The molecule has 1 amide bonds. The van der Waals surface area contributed by atoms with E-state index < -0.39 is 0 Å². The molecule has 0 spiro atoms. The Balaban J connectivity index is 1.42. The first kappa shape index (κ1) is 25.0. The van der Waals surface area contributed by atoms with E-state index in [1.54, 1.807) is 30.2 Å². The van der Waals surface area contributed by atoms with Gasteiger partial charge in [-0.2, -0.15) is 0 Å². The standard InChI is InChI=1S/C26H33N3O3S2/c1-3-20-6-4-7-23-25(20)27-26(34-23)29(14-5-13-28-15-17-32-18-16-28)24(30)12-19-33-22-10-8-21(31-2)9-11-22/h4,6-11H,3,5,12-19H2,1-2H3. The van der Waals surface area contributed by atoms with Crippen molar-refractivity contribution in [1.29, 1.82) is 0 Å². The van der Waals surface area contributed by atoms with Gasteiger partial charge in [0, 0.05) is 43.2 Å². The molecule has 0 unspecified atom stereocenters. The highest BCUT2D eigenvalue weighted by molar-refractivity contribution is 7.99. The Hall–Kier alpha value is -2.13. The highest BCUT2D eigenvalue weighted by Gasteiger charge is 2.21. The van der Waals surface area contributed by atoms with Crippen molar-refractivity contribution in [2.24, 2.45) is 0 Å². The number of thioether (sulfide) groups is 1. The minimum Gasteiger partial charge on any atom is -0.497 e. The number of benzene rings is 2. The number of fused-ring (bicyclic) bond motifs is 1. The predicted octanol–water partition coefficient (Wildman–Crippen LogP) is 5.11. The van der Waals surface area contributed by atoms with Crippen LogP contribution in [0.5, 0.6) is 5.75 Å². The molecule has 1 saturated heterocycles. The van der Waals surface area contributed by atoms with Gasteiger partial charge in [0.15, 0.2) is 5.13 Å². The summed E-state index contributed by atoms with van der Waals surface area (Å²) in [5, 5.41) is 0.817. The van der Waals surface area contributed by atoms with E-state index in [1.807, 2.05) is 29.2 Å². The lowest BCUT2D eigenvalue weighted by molar-refractivity contribution is -0.118. The van der Waals surface area contributed by atoms with E-state index in [0.29, 0.717) is 13.0 Å². The van der Waals surface area contributed by atoms with Gasteiger partial charge in [-0.25, -0.2) is 4.98 Å². The summed E-state index contributed by atoms with van der Waals surface area (Å²) in [6.07, 6.45) is 2.34. The number of hydrogen-bond donors (Lipinski definition) is 0. The normalized spacial score (nSPS) is 14.4. The maximum atomic E-state index is 13.4. The molecule has 1 aromatic heterocycles. The lowest BCUT2D eigenvalue weighted by Crippen LogP contribution is -2.39. The molecular formula is C26H33N3O3S2. The Kier molecular flexibility index (Phi) is 9.21. The van der Waals surface area contributed by atoms with Gasteiger partial charge in [-0.05, 0) is 48.7 Å². The molecule has 0 radical (unpaired) electrons. The van der Waals surface area contributed by atoms with Crippen LogP contribution in [0.2, 0.25) is 0 Å². The van der Waals surface area contributed by atoms with E-state index in [-0.39, 0.29) is 5.91 Å². The lowest BCUT2D eigenvalue weighted by Gasteiger charge is -2.27. The number of para-hydroxylation sites is 1. The molecule has 8 heteroatoms. The second-order valence-corrected chi connectivity index (χ2v) is 10.4. The SMILES string of the molecule is CCc1cccc2sc(N(CCCN3CCOCC3)C(=O)CCSc3ccc(OC)cc3)nc12. The van der Waals surface area contributed by atoms with Gasteiger partial charge in [-0.1, -0.05) is 30.4 Å². The topological polar surface area (TPSA) is 54.9 Å². The number of methoxy groups -OCH3 is 1. The number of carbonyl (C=O) groups is 1. The summed E-state index contributed by atoms with van der Waals surface area (Å²) in [5.74, 6) is 1.71. The van der Waals surface area contributed by atoms with E-state index in [0.717, 1.165) is 77.4 Å². The van der Waals surface area contributed by atoms with Gasteiger partial charge >= 0.3 is 0 Å². The number of hydrogen-bond acceptors (Lipinski definition) is 7. The third kappa shape index (κ3) is 6.50. The molecule has 1 aliphatic heterocycles. The van der Waals surface area contributed by atoms with Gasteiger partial charge < -0.3 is 9.47 Å². The molecule has 1 fully saturated rings. The fraction of sp³-hybridized carbons (Fsp3) is 0.462. The molecule has 0 bridgehead atoms. The fourth-order valence-corrected chi connectivity index (χ4v) is 5.96. The van der Waals surface area contributed by atoms with Crippen LogP contribution in [0.3, 0.4) is 0 Å². The summed E-state index contributed by atoms with van der Waals surface area (Å²) in [7, 11) is 1.67. The summed E-state index contributed by atoms with van der Waals surface area (Å²) < 4.78 is 11.8. The van der Waals surface area contributed by atoms with Crippen molar-refractivity contribution in [1.82, 2.24) is 9.88 Å². The zero-order chi connectivity index (χ0) is 23.8. The lowest BCUT2D eigenvalue weighted by atomic mass is 10.1. The number of anilines is 1. The van der Waals surface area contributed by atoms with Crippen molar-refractivity contribution in [3.05, 3.63) is 48.0 Å². The summed E-state index contributed by atoms with van der Waals surface area (Å²) in [4.78, 5) is 23.8. The number of aromatic nitrogens is 1. The molecule has 0 atom stereocenters. The summed E-state index contributed by atoms with van der Waals surface area (Å²) in [6.45, 7) is 7.33. The largest absolute Gasteiger partial charge is 0.497 e. The number of amides is 1. The molecule has 34 heavy (non-hydrogen) atoms. The van der Waals surface area contributed by atoms with Gasteiger partial charge in [0.2, 0.25) is 5.91 Å². The van der Waals surface area contributed by atoms with Gasteiger partial charge in [0.1, 0.15) is 5.75 Å². The van der Waals surface area contributed by atoms with E-state index in [1.165, 1.54) is 5.56 Å².